The van der Waals surface area contributed by atoms with Crippen LogP contribution in [-0.4, -0.2) is 50.5 Å². The summed E-state index contributed by atoms with van der Waals surface area (Å²) < 4.78 is 11.9. The van der Waals surface area contributed by atoms with E-state index >= 15 is 0 Å². The highest BCUT2D eigenvalue weighted by molar-refractivity contribution is 5.49. The molecule has 0 aliphatic carbocycles. The smallest absolute Gasteiger partial charge is 0.139 e. The van der Waals surface area contributed by atoms with Crippen molar-refractivity contribution in [3.8, 4) is 5.75 Å². The summed E-state index contributed by atoms with van der Waals surface area (Å²) >= 11 is 0. The predicted molar refractivity (Wildman–Crippen MR) is 117 cm³/mol. The first-order valence-corrected chi connectivity index (χ1v) is 11.0. The van der Waals surface area contributed by atoms with Crippen LogP contribution in [0.2, 0.25) is 0 Å². The Morgan fingerprint density at radius 3 is 2.90 bits per heavy atom. The van der Waals surface area contributed by atoms with Crippen LogP contribution in [0.4, 0.5) is 5.69 Å². The van der Waals surface area contributed by atoms with Crippen molar-refractivity contribution < 1.29 is 9.47 Å². The lowest BCUT2D eigenvalue weighted by Gasteiger charge is -2.19. The molecule has 2 aliphatic heterocycles. The van der Waals surface area contributed by atoms with Crippen LogP contribution in [0.15, 0.2) is 48.8 Å². The van der Waals surface area contributed by atoms with Gasteiger partial charge >= 0.3 is 0 Å². The van der Waals surface area contributed by atoms with Gasteiger partial charge in [0.2, 0.25) is 0 Å². The number of rotatable bonds is 10. The van der Waals surface area contributed by atoms with Gasteiger partial charge in [0, 0.05) is 37.7 Å². The van der Waals surface area contributed by atoms with Crippen molar-refractivity contribution in [3.63, 3.8) is 0 Å². The van der Waals surface area contributed by atoms with E-state index in [9.17, 15) is 0 Å². The number of nitrogens with zero attached hydrogens (tertiary/aromatic N) is 2. The minimum Gasteiger partial charge on any atom is -0.490 e. The van der Waals surface area contributed by atoms with Crippen LogP contribution >= 0.6 is 0 Å². The van der Waals surface area contributed by atoms with Crippen LogP contribution in [0.1, 0.15) is 31.2 Å². The van der Waals surface area contributed by atoms with Crippen molar-refractivity contribution in [3.05, 3.63) is 54.4 Å². The molecule has 2 unspecified atom stereocenters. The van der Waals surface area contributed by atoms with Gasteiger partial charge in [-0.25, -0.2) is 0 Å². The lowest BCUT2D eigenvalue weighted by molar-refractivity contribution is 0.104. The molecule has 2 aliphatic rings. The fraction of sp³-hybridized carbons (Fsp3) is 0.542. The Balaban J connectivity index is 1.16. The quantitative estimate of drug-likeness (QED) is 0.622. The van der Waals surface area contributed by atoms with Gasteiger partial charge in [-0.3, -0.25) is 4.98 Å². The molecule has 0 amide bonds. The average molecular weight is 396 g/mol. The van der Waals surface area contributed by atoms with Crippen LogP contribution in [0, 0.1) is 5.92 Å². The van der Waals surface area contributed by atoms with Gasteiger partial charge in [0.25, 0.3) is 0 Å². The van der Waals surface area contributed by atoms with Gasteiger partial charge in [0.1, 0.15) is 12.4 Å². The van der Waals surface area contributed by atoms with E-state index < -0.39 is 0 Å². The Morgan fingerprint density at radius 1 is 1.10 bits per heavy atom. The molecule has 1 aromatic carbocycles. The Bertz CT molecular complexity index is 734. The Hall–Kier alpha value is -2.11. The maximum Gasteiger partial charge on any atom is 0.139 e. The first-order chi connectivity index (χ1) is 14.4. The fourth-order valence-electron chi connectivity index (χ4n) is 4.23. The summed E-state index contributed by atoms with van der Waals surface area (Å²) in [5.74, 6) is 1.47. The van der Waals surface area contributed by atoms with Gasteiger partial charge in [0.05, 0.1) is 24.7 Å². The van der Waals surface area contributed by atoms with E-state index in [2.05, 4.69) is 51.6 Å². The van der Waals surface area contributed by atoms with Gasteiger partial charge in [-0.05, 0) is 44.2 Å². The van der Waals surface area contributed by atoms with E-state index in [4.69, 9.17) is 9.47 Å². The van der Waals surface area contributed by atoms with Crippen LogP contribution in [-0.2, 0) is 11.2 Å². The second-order valence-corrected chi connectivity index (χ2v) is 8.25. The molecule has 2 aromatic rings. The average Bonchev–Trinajstić information content (AvgIpc) is 3.45. The molecule has 0 bridgehead atoms. The first-order valence-electron chi connectivity index (χ1n) is 11.0. The molecule has 156 valence electrons. The maximum absolute atomic E-state index is 5.97. The van der Waals surface area contributed by atoms with Crippen molar-refractivity contribution in [1.82, 2.24) is 10.3 Å². The SMILES string of the molecule is c1ccc(CCCOCC2CCN(c3cncc(OCC4CCCN4)c3)C2)cc1. The Kier molecular flexibility index (Phi) is 7.38. The highest BCUT2D eigenvalue weighted by Crippen LogP contribution is 2.26. The third-order valence-electron chi connectivity index (χ3n) is 5.91. The normalized spacial score (nSPS) is 21.6. The minimum absolute atomic E-state index is 0.480. The number of benzene rings is 1. The summed E-state index contributed by atoms with van der Waals surface area (Å²) in [5.41, 5.74) is 2.55. The number of nitrogens with one attached hydrogen (secondary N) is 1. The lowest BCUT2D eigenvalue weighted by Crippen LogP contribution is -2.28. The van der Waals surface area contributed by atoms with Gasteiger partial charge < -0.3 is 19.7 Å². The molecular formula is C24H33N3O2. The number of pyridine rings is 1. The number of anilines is 1. The molecule has 3 heterocycles. The molecule has 2 fully saturated rings. The van der Waals surface area contributed by atoms with Crippen LogP contribution in [0.5, 0.6) is 5.75 Å². The van der Waals surface area contributed by atoms with Crippen LogP contribution in [0.3, 0.4) is 0 Å². The molecule has 5 heteroatoms. The fourth-order valence-corrected chi connectivity index (χ4v) is 4.23. The Labute approximate surface area is 174 Å². The zero-order valence-corrected chi connectivity index (χ0v) is 17.3. The first kappa shape index (κ1) is 20.2. The topological polar surface area (TPSA) is 46.6 Å². The summed E-state index contributed by atoms with van der Waals surface area (Å²) in [7, 11) is 0. The predicted octanol–water partition coefficient (Wildman–Crippen LogP) is 3.69. The van der Waals surface area contributed by atoms with E-state index in [1.165, 1.54) is 24.8 Å². The number of aryl methyl sites for hydroxylation is 1. The highest BCUT2D eigenvalue weighted by Gasteiger charge is 2.23. The molecule has 1 N–H and O–H groups in total. The van der Waals surface area contributed by atoms with Crippen LogP contribution < -0.4 is 15.0 Å². The van der Waals surface area contributed by atoms with Gasteiger partial charge in [-0.1, -0.05) is 30.3 Å². The summed E-state index contributed by atoms with van der Waals surface area (Å²) in [4.78, 5) is 6.80. The minimum atomic E-state index is 0.480. The zero-order chi connectivity index (χ0) is 19.7. The monoisotopic (exact) mass is 395 g/mol. The van der Waals surface area contributed by atoms with Gasteiger partial charge in [0.15, 0.2) is 0 Å². The molecular weight excluding hydrogens is 362 g/mol. The van der Waals surface area contributed by atoms with E-state index in [1.54, 1.807) is 0 Å². The van der Waals surface area contributed by atoms with Crippen molar-refractivity contribution in [2.24, 2.45) is 5.92 Å². The third-order valence-corrected chi connectivity index (χ3v) is 5.91. The van der Waals surface area contributed by atoms with Crippen molar-refractivity contribution in [2.75, 3.05) is 44.4 Å². The van der Waals surface area contributed by atoms with E-state index in [1.807, 2.05) is 12.4 Å². The Morgan fingerprint density at radius 2 is 2.03 bits per heavy atom. The van der Waals surface area contributed by atoms with Crippen LogP contribution in [0.25, 0.3) is 0 Å². The van der Waals surface area contributed by atoms with E-state index in [0.29, 0.717) is 12.0 Å². The molecule has 29 heavy (non-hydrogen) atoms. The molecule has 0 saturated carbocycles. The largest absolute Gasteiger partial charge is 0.490 e. The van der Waals surface area contributed by atoms with Gasteiger partial charge in [-0.15, -0.1) is 0 Å². The molecule has 0 radical (unpaired) electrons. The number of ether oxygens (including phenoxy) is 2. The molecule has 2 atom stereocenters. The number of hydrogen-bond acceptors (Lipinski definition) is 5. The van der Waals surface area contributed by atoms with E-state index in [0.717, 1.165) is 63.7 Å². The number of hydrogen-bond donors (Lipinski definition) is 1. The van der Waals surface area contributed by atoms with Gasteiger partial charge in [-0.2, -0.15) is 0 Å². The summed E-state index contributed by atoms with van der Waals surface area (Å²) in [5, 5.41) is 3.47. The van der Waals surface area contributed by atoms with Crippen molar-refractivity contribution in [2.45, 2.75) is 38.1 Å². The maximum atomic E-state index is 5.97. The number of aromatic nitrogens is 1. The summed E-state index contributed by atoms with van der Waals surface area (Å²) in [6, 6.07) is 13.2. The van der Waals surface area contributed by atoms with Crippen molar-refractivity contribution in [1.29, 1.82) is 0 Å². The van der Waals surface area contributed by atoms with Crippen molar-refractivity contribution >= 4 is 5.69 Å². The molecule has 1 aromatic heterocycles. The summed E-state index contributed by atoms with van der Waals surface area (Å²) in [6.07, 6.45) is 9.57. The molecule has 0 spiro atoms. The third kappa shape index (κ3) is 6.18. The second kappa shape index (κ2) is 10.6. The molecule has 2 saturated heterocycles. The second-order valence-electron chi connectivity index (χ2n) is 8.25. The lowest BCUT2D eigenvalue weighted by atomic mass is 10.1. The molecule has 4 rings (SSSR count). The highest BCUT2D eigenvalue weighted by atomic mass is 16.5. The summed E-state index contributed by atoms with van der Waals surface area (Å²) in [6.45, 7) is 5.62. The standard InChI is InChI=1S/C24H33N3O2/c1-2-6-20(7-3-1)8-5-13-28-18-21-10-12-27(17-21)23-14-24(16-25-15-23)29-19-22-9-4-11-26-22/h1-3,6-7,14-16,21-22,26H,4-5,8-13,17-19H2. The molecule has 5 nitrogen and oxygen atoms in total. The van der Waals surface area contributed by atoms with E-state index in [-0.39, 0.29) is 0 Å². The zero-order valence-electron chi connectivity index (χ0n) is 17.3.